The van der Waals surface area contributed by atoms with Gasteiger partial charge in [-0.1, -0.05) is 13.3 Å². The molecule has 1 aromatic heterocycles. The lowest BCUT2D eigenvalue weighted by atomic mass is 10.1. The summed E-state index contributed by atoms with van der Waals surface area (Å²) >= 11 is 1.65. The summed E-state index contributed by atoms with van der Waals surface area (Å²) in [6, 6.07) is 1.87. The number of aryl methyl sites for hydroxylation is 1. The van der Waals surface area contributed by atoms with E-state index in [0.29, 0.717) is 57.0 Å². The average molecular weight is 563 g/mol. The lowest BCUT2D eigenvalue weighted by Crippen LogP contribution is -2.39. The van der Waals surface area contributed by atoms with E-state index in [1.54, 1.807) is 11.3 Å². The van der Waals surface area contributed by atoms with E-state index in [-0.39, 0.29) is 18.0 Å². The molecule has 0 aliphatic carbocycles. The molecule has 218 valence electrons. The Balaban J connectivity index is 1.91. The third-order valence-corrected chi connectivity index (χ3v) is 6.91. The largest absolute Gasteiger partial charge is 0.444 e. The van der Waals surface area contributed by atoms with E-state index in [2.05, 4.69) is 27.0 Å². The van der Waals surface area contributed by atoms with Crippen LogP contribution in [0.3, 0.4) is 0 Å². The van der Waals surface area contributed by atoms with E-state index in [1.807, 2.05) is 45.6 Å². The van der Waals surface area contributed by atoms with Crippen molar-refractivity contribution < 1.29 is 19.1 Å². The van der Waals surface area contributed by atoms with Crippen LogP contribution in [0.4, 0.5) is 15.3 Å². The smallest absolute Gasteiger partial charge is 0.407 e. The maximum atomic E-state index is 13.4. The summed E-state index contributed by atoms with van der Waals surface area (Å²) in [6.45, 7) is 12.3. The number of amides is 4. The first kappa shape index (κ1) is 32.1. The number of thiophene rings is 1. The van der Waals surface area contributed by atoms with Crippen LogP contribution < -0.4 is 21.7 Å². The number of hydrogen-bond acceptors (Lipinski definition) is 7. The molecule has 1 aliphatic heterocycles. The second-order valence-electron chi connectivity index (χ2n) is 10.6. The van der Waals surface area contributed by atoms with E-state index in [9.17, 15) is 14.4 Å². The van der Waals surface area contributed by atoms with Crippen LogP contribution in [-0.4, -0.2) is 67.1 Å². The molecule has 0 aromatic carbocycles. The number of aliphatic imine (C=N–C) groups is 1. The van der Waals surface area contributed by atoms with E-state index in [1.165, 1.54) is 4.88 Å². The summed E-state index contributed by atoms with van der Waals surface area (Å²) in [4.78, 5) is 45.4. The minimum atomic E-state index is -0.495. The molecule has 0 atom stereocenters. The first-order valence-electron chi connectivity index (χ1n) is 14.0. The number of nitrogens with two attached hydrogens (primary N) is 1. The van der Waals surface area contributed by atoms with Crippen LogP contribution in [-0.2, 0) is 16.0 Å². The highest BCUT2D eigenvalue weighted by atomic mass is 32.1. The summed E-state index contributed by atoms with van der Waals surface area (Å²) in [7, 11) is 0. The molecule has 0 radical (unpaired) electrons. The van der Waals surface area contributed by atoms with Gasteiger partial charge in [-0.15, -0.1) is 11.3 Å². The Morgan fingerprint density at radius 2 is 1.79 bits per heavy atom. The Bertz CT molecular complexity index is 1030. The van der Waals surface area contributed by atoms with Crippen molar-refractivity contribution >= 4 is 47.0 Å². The van der Waals surface area contributed by atoms with Crippen LogP contribution in [0.15, 0.2) is 16.6 Å². The molecule has 0 saturated heterocycles. The standard InChI is InChI=1S/C28H46N6O4S/c1-6-15-34(16-11-14-31-26(36)30-7-2)25(35)20-17-23-22(33-24(29)18-20)19-21(39-23)12-9-8-10-13-32-27(37)38-28(3,4)5/h17,19H,6-16,18H2,1-5H3,(H2,29,33)(H,32,37)(H2,30,31,36). The van der Waals surface area contributed by atoms with Crippen molar-refractivity contribution in [2.24, 2.45) is 10.7 Å². The van der Waals surface area contributed by atoms with Gasteiger partial charge < -0.3 is 31.3 Å². The predicted octanol–water partition coefficient (Wildman–Crippen LogP) is 4.71. The summed E-state index contributed by atoms with van der Waals surface area (Å²) in [6.07, 6.45) is 7.12. The monoisotopic (exact) mass is 562 g/mol. The highest BCUT2D eigenvalue weighted by Gasteiger charge is 2.22. The van der Waals surface area contributed by atoms with Crippen LogP contribution in [0.5, 0.6) is 0 Å². The van der Waals surface area contributed by atoms with Gasteiger partial charge in [-0.2, -0.15) is 0 Å². The number of unbranched alkanes of at least 4 members (excludes halogenated alkanes) is 2. The minimum absolute atomic E-state index is 0.0340. The average Bonchev–Trinajstić information content (AvgIpc) is 3.14. The number of nitrogens with one attached hydrogen (secondary N) is 3. The van der Waals surface area contributed by atoms with Crippen LogP contribution >= 0.6 is 11.3 Å². The van der Waals surface area contributed by atoms with Gasteiger partial charge in [-0.25, -0.2) is 14.6 Å². The van der Waals surface area contributed by atoms with Crippen LogP contribution in [0.25, 0.3) is 6.08 Å². The normalized spacial score (nSPS) is 12.9. The Kier molecular flexibility index (Phi) is 13.3. The zero-order valence-electron chi connectivity index (χ0n) is 24.2. The zero-order chi connectivity index (χ0) is 28.8. The molecule has 39 heavy (non-hydrogen) atoms. The lowest BCUT2D eigenvalue weighted by Gasteiger charge is -2.23. The minimum Gasteiger partial charge on any atom is -0.444 e. The number of carbonyl (C=O) groups excluding carboxylic acids is 3. The Labute approximate surface area is 236 Å². The Hall–Kier alpha value is -3.08. The molecule has 10 nitrogen and oxygen atoms in total. The van der Waals surface area contributed by atoms with Crippen molar-refractivity contribution in [2.45, 2.75) is 85.2 Å². The molecule has 5 N–H and O–H groups in total. The molecule has 11 heteroatoms. The number of amidine groups is 1. The van der Waals surface area contributed by atoms with E-state index in [4.69, 9.17) is 10.5 Å². The molecule has 2 rings (SSSR count). The van der Waals surface area contributed by atoms with Crippen LogP contribution in [0.1, 0.15) is 82.9 Å². The fourth-order valence-corrected chi connectivity index (χ4v) is 5.19. The molecular weight excluding hydrogens is 516 g/mol. The van der Waals surface area contributed by atoms with Crippen LogP contribution in [0.2, 0.25) is 0 Å². The maximum absolute atomic E-state index is 13.4. The topological polar surface area (TPSA) is 138 Å². The lowest BCUT2D eigenvalue weighted by molar-refractivity contribution is -0.127. The van der Waals surface area contributed by atoms with Crippen molar-refractivity contribution in [1.29, 1.82) is 0 Å². The molecule has 0 unspecified atom stereocenters. The maximum Gasteiger partial charge on any atom is 0.407 e. The molecule has 1 aromatic rings. The highest BCUT2D eigenvalue weighted by Crippen LogP contribution is 2.35. The summed E-state index contributed by atoms with van der Waals surface area (Å²) < 4.78 is 5.25. The van der Waals surface area contributed by atoms with Gasteiger partial charge in [0.1, 0.15) is 11.4 Å². The number of fused-ring (bicyclic) bond motifs is 1. The predicted molar refractivity (Wildman–Crippen MR) is 159 cm³/mol. The second-order valence-corrected chi connectivity index (χ2v) is 11.8. The molecule has 0 bridgehead atoms. The van der Waals surface area contributed by atoms with Crippen LogP contribution in [0, 0.1) is 0 Å². The molecule has 0 saturated carbocycles. The van der Waals surface area contributed by atoms with E-state index >= 15 is 0 Å². The SMILES string of the molecule is CCCN(CCCNC(=O)NCC)C(=O)C1=Cc2sc(CCCCCNC(=O)OC(C)(C)C)cc2N=C(N)C1. The molecule has 1 aliphatic rings. The number of carbonyl (C=O) groups is 3. The number of urea groups is 1. The molecule has 2 heterocycles. The van der Waals surface area contributed by atoms with Crippen molar-refractivity contribution in [3.8, 4) is 0 Å². The fraction of sp³-hybridized carbons (Fsp3) is 0.643. The van der Waals surface area contributed by atoms with Gasteiger partial charge in [0.25, 0.3) is 0 Å². The summed E-state index contributed by atoms with van der Waals surface area (Å²) in [5.74, 6) is 0.397. The van der Waals surface area contributed by atoms with Crippen molar-refractivity contribution in [2.75, 3.05) is 32.7 Å². The molecule has 4 amide bonds. The molecule has 0 fully saturated rings. The number of ether oxygens (including phenoxy) is 1. The van der Waals surface area contributed by atoms with Crippen molar-refractivity contribution in [1.82, 2.24) is 20.9 Å². The van der Waals surface area contributed by atoms with Gasteiger partial charge in [0, 0.05) is 49.6 Å². The van der Waals surface area contributed by atoms with E-state index < -0.39 is 5.60 Å². The van der Waals surface area contributed by atoms with Gasteiger partial charge in [-0.3, -0.25) is 4.79 Å². The quantitative estimate of drug-likeness (QED) is 0.243. The zero-order valence-corrected chi connectivity index (χ0v) is 25.0. The van der Waals surface area contributed by atoms with Crippen molar-refractivity contribution in [3.63, 3.8) is 0 Å². The number of hydrogen-bond donors (Lipinski definition) is 4. The van der Waals surface area contributed by atoms with Crippen molar-refractivity contribution in [3.05, 3.63) is 21.4 Å². The Morgan fingerprint density at radius 3 is 2.49 bits per heavy atom. The second kappa shape index (κ2) is 16.1. The van der Waals surface area contributed by atoms with Gasteiger partial charge >= 0.3 is 12.1 Å². The number of alkyl carbamates (subject to hydrolysis) is 1. The highest BCUT2D eigenvalue weighted by molar-refractivity contribution is 7.13. The van der Waals surface area contributed by atoms with Gasteiger partial charge in [0.15, 0.2) is 0 Å². The first-order valence-corrected chi connectivity index (χ1v) is 14.8. The van der Waals surface area contributed by atoms with E-state index in [0.717, 1.165) is 42.7 Å². The third-order valence-electron chi connectivity index (χ3n) is 5.78. The van der Waals surface area contributed by atoms with Gasteiger partial charge in [0.05, 0.1) is 10.6 Å². The number of rotatable bonds is 14. The molecule has 0 spiro atoms. The molecular formula is C28H46N6O4S. The van der Waals surface area contributed by atoms with Gasteiger partial charge in [-0.05, 0) is 71.9 Å². The third kappa shape index (κ3) is 12.1. The number of nitrogens with zero attached hydrogens (tertiary/aromatic N) is 2. The summed E-state index contributed by atoms with van der Waals surface area (Å²) in [5.41, 5.74) is 7.17. The Morgan fingerprint density at radius 1 is 1.05 bits per heavy atom. The fourth-order valence-electron chi connectivity index (χ4n) is 4.09. The summed E-state index contributed by atoms with van der Waals surface area (Å²) in [5, 5.41) is 8.31. The van der Waals surface area contributed by atoms with Gasteiger partial charge in [0.2, 0.25) is 5.91 Å². The first-order chi connectivity index (χ1) is 18.5.